The minimum absolute atomic E-state index is 0.0443. The zero-order chi connectivity index (χ0) is 12.8. The van der Waals surface area contributed by atoms with Crippen molar-refractivity contribution >= 4 is 11.9 Å². The summed E-state index contributed by atoms with van der Waals surface area (Å²) < 4.78 is 0. The number of carbonyl (C=O) groups is 2. The maximum atomic E-state index is 11.7. The van der Waals surface area contributed by atoms with E-state index in [0.29, 0.717) is 0 Å². The first kappa shape index (κ1) is 12.8. The zero-order valence-corrected chi connectivity index (χ0v) is 9.09. The number of amides is 1. The van der Waals surface area contributed by atoms with Gasteiger partial charge in [-0.05, 0) is 18.6 Å². The van der Waals surface area contributed by atoms with Crippen molar-refractivity contribution in [3.8, 4) is 5.75 Å². The maximum Gasteiger partial charge on any atom is 0.326 e. The fraction of sp³-hybridized carbons (Fsp3) is 0.167. The topological polar surface area (TPSA) is 86.6 Å². The van der Waals surface area contributed by atoms with Gasteiger partial charge in [0, 0.05) is 0 Å². The molecule has 1 aromatic rings. The lowest BCUT2D eigenvalue weighted by atomic mass is 10.1. The molecule has 1 amide bonds. The largest absolute Gasteiger partial charge is 0.507 e. The van der Waals surface area contributed by atoms with Crippen LogP contribution in [0.2, 0.25) is 0 Å². The van der Waals surface area contributed by atoms with Gasteiger partial charge in [-0.1, -0.05) is 18.2 Å². The molecule has 17 heavy (non-hydrogen) atoms. The molecule has 0 radical (unpaired) electrons. The minimum Gasteiger partial charge on any atom is -0.507 e. The number of carbonyl (C=O) groups excluding carboxylic acids is 1. The molecule has 5 nitrogen and oxygen atoms in total. The van der Waals surface area contributed by atoms with Crippen molar-refractivity contribution in [2.24, 2.45) is 0 Å². The second kappa shape index (κ2) is 5.69. The van der Waals surface area contributed by atoms with Gasteiger partial charge in [-0.15, -0.1) is 6.58 Å². The molecule has 90 valence electrons. The quantitative estimate of drug-likeness (QED) is 0.668. The molecule has 1 unspecified atom stereocenters. The Labute approximate surface area is 98.4 Å². The van der Waals surface area contributed by atoms with Crippen LogP contribution in [0.5, 0.6) is 5.75 Å². The van der Waals surface area contributed by atoms with Gasteiger partial charge in [0.2, 0.25) is 0 Å². The fourth-order valence-electron chi connectivity index (χ4n) is 1.29. The molecule has 1 aromatic carbocycles. The van der Waals surface area contributed by atoms with Crippen molar-refractivity contribution < 1.29 is 19.8 Å². The molecular formula is C12H13NO4. The molecule has 0 fully saturated rings. The van der Waals surface area contributed by atoms with Gasteiger partial charge < -0.3 is 15.5 Å². The Kier molecular flexibility index (Phi) is 4.28. The molecule has 5 heteroatoms. The summed E-state index contributed by atoms with van der Waals surface area (Å²) >= 11 is 0. The van der Waals surface area contributed by atoms with E-state index in [1.807, 2.05) is 0 Å². The maximum absolute atomic E-state index is 11.7. The van der Waals surface area contributed by atoms with E-state index in [9.17, 15) is 14.7 Å². The SMILES string of the molecule is C=CCC(NC(=O)c1ccccc1O)C(=O)O. The summed E-state index contributed by atoms with van der Waals surface area (Å²) in [6.45, 7) is 3.42. The van der Waals surface area contributed by atoms with E-state index in [1.54, 1.807) is 12.1 Å². The third kappa shape index (κ3) is 3.34. The van der Waals surface area contributed by atoms with Gasteiger partial charge in [0.15, 0.2) is 0 Å². The fourth-order valence-corrected chi connectivity index (χ4v) is 1.29. The van der Waals surface area contributed by atoms with Crippen molar-refractivity contribution in [2.75, 3.05) is 0 Å². The first-order valence-corrected chi connectivity index (χ1v) is 4.98. The number of aliphatic carboxylic acids is 1. The molecule has 0 bridgehead atoms. The van der Waals surface area contributed by atoms with Crippen LogP contribution in [0.4, 0.5) is 0 Å². The lowest BCUT2D eigenvalue weighted by Crippen LogP contribution is -2.40. The number of hydrogen-bond donors (Lipinski definition) is 3. The first-order chi connectivity index (χ1) is 8.06. The summed E-state index contributed by atoms with van der Waals surface area (Å²) in [5.41, 5.74) is 0.0443. The molecule has 1 rings (SSSR count). The van der Waals surface area contributed by atoms with Crippen molar-refractivity contribution in [1.82, 2.24) is 5.32 Å². The molecule has 0 aliphatic rings. The number of aromatic hydroxyl groups is 1. The van der Waals surface area contributed by atoms with Crippen LogP contribution >= 0.6 is 0 Å². The molecule has 0 saturated heterocycles. The number of carboxylic acid groups (broad SMARTS) is 1. The smallest absolute Gasteiger partial charge is 0.326 e. The van der Waals surface area contributed by atoms with Crippen molar-refractivity contribution in [3.05, 3.63) is 42.5 Å². The van der Waals surface area contributed by atoms with Crippen LogP contribution in [0.25, 0.3) is 0 Å². The van der Waals surface area contributed by atoms with Crippen LogP contribution < -0.4 is 5.32 Å². The molecule has 3 N–H and O–H groups in total. The van der Waals surface area contributed by atoms with Gasteiger partial charge in [0.25, 0.3) is 5.91 Å². The Hall–Kier alpha value is -2.30. The highest BCUT2D eigenvalue weighted by atomic mass is 16.4. The highest BCUT2D eigenvalue weighted by Gasteiger charge is 2.20. The molecule has 0 aromatic heterocycles. The summed E-state index contributed by atoms with van der Waals surface area (Å²) in [5, 5.41) is 20.6. The Morgan fingerprint density at radius 3 is 2.59 bits per heavy atom. The van der Waals surface area contributed by atoms with Crippen LogP contribution in [0.1, 0.15) is 16.8 Å². The number of phenols is 1. The molecule has 0 heterocycles. The van der Waals surface area contributed by atoms with Gasteiger partial charge in [0.05, 0.1) is 5.56 Å². The Balaban J connectivity index is 2.81. The summed E-state index contributed by atoms with van der Waals surface area (Å²) in [6.07, 6.45) is 1.53. The van der Waals surface area contributed by atoms with E-state index in [1.165, 1.54) is 18.2 Å². The summed E-state index contributed by atoms with van der Waals surface area (Å²) in [4.78, 5) is 22.5. The Morgan fingerprint density at radius 1 is 1.41 bits per heavy atom. The van der Waals surface area contributed by atoms with E-state index in [2.05, 4.69) is 11.9 Å². The Bertz CT molecular complexity index is 442. The van der Waals surface area contributed by atoms with E-state index in [0.717, 1.165) is 0 Å². The molecule has 0 aliphatic heterocycles. The summed E-state index contributed by atoms with van der Waals surface area (Å²) in [5.74, 6) is -1.96. The van der Waals surface area contributed by atoms with E-state index < -0.39 is 17.9 Å². The third-order valence-corrected chi connectivity index (χ3v) is 2.15. The van der Waals surface area contributed by atoms with Crippen LogP contribution in [-0.2, 0) is 4.79 Å². The minimum atomic E-state index is -1.14. The van der Waals surface area contributed by atoms with Crippen LogP contribution in [0.15, 0.2) is 36.9 Å². The molecule has 0 saturated carbocycles. The summed E-state index contributed by atoms with van der Waals surface area (Å²) in [6, 6.07) is 4.89. The average molecular weight is 235 g/mol. The van der Waals surface area contributed by atoms with Crippen LogP contribution in [-0.4, -0.2) is 28.1 Å². The second-order valence-corrected chi connectivity index (χ2v) is 3.41. The second-order valence-electron chi connectivity index (χ2n) is 3.41. The third-order valence-electron chi connectivity index (χ3n) is 2.15. The predicted octanol–water partition coefficient (Wildman–Crippen LogP) is 1.15. The molecular weight excluding hydrogens is 222 g/mol. The molecule has 1 atom stereocenters. The van der Waals surface area contributed by atoms with Crippen molar-refractivity contribution in [2.45, 2.75) is 12.5 Å². The first-order valence-electron chi connectivity index (χ1n) is 4.98. The number of benzene rings is 1. The van der Waals surface area contributed by atoms with E-state index in [4.69, 9.17) is 5.11 Å². The van der Waals surface area contributed by atoms with Gasteiger partial charge in [-0.3, -0.25) is 4.79 Å². The lowest BCUT2D eigenvalue weighted by Gasteiger charge is -2.12. The standard InChI is InChI=1S/C12H13NO4/c1-2-5-9(12(16)17)13-11(15)8-6-3-4-7-10(8)14/h2-4,6-7,9,14H,1,5H2,(H,13,15)(H,16,17). The van der Waals surface area contributed by atoms with Gasteiger partial charge in [-0.25, -0.2) is 4.79 Å². The van der Waals surface area contributed by atoms with Crippen molar-refractivity contribution in [3.63, 3.8) is 0 Å². The number of phenolic OH excluding ortho intramolecular Hbond substituents is 1. The highest BCUT2D eigenvalue weighted by Crippen LogP contribution is 2.15. The lowest BCUT2D eigenvalue weighted by molar-refractivity contribution is -0.139. The van der Waals surface area contributed by atoms with Crippen molar-refractivity contribution in [1.29, 1.82) is 0 Å². The number of para-hydroxylation sites is 1. The van der Waals surface area contributed by atoms with Gasteiger partial charge >= 0.3 is 5.97 Å². The molecule has 0 spiro atoms. The number of nitrogens with one attached hydrogen (secondary N) is 1. The predicted molar refractivity (Wildman–Crippen MR) is 61.8 cm³/mol. The summed E-state index contributed by atoms with van der Waals surface area (Å²) in [7, 11) is 0. The monoisotopic (exact) mass is 235 g/mol. The number of rotatable bonds is 5. The van der Waals surface area contributed by atoms with E-state index >= 15 is 0 Å². The van der Waals surface area contributed by atoms with Gasteiger partial charge in [0.1, 0.15) is 11.8 Å². The van der Waals surface area contributed by atoms with Crippen LogP contribution in [0.3, 0.4) is 0 Å². The zero-order valence-electron chi connectivity index (χ0n) is 9.09. The number of hydrogen-bond acceptors (Lipinski definition) is 3. The molecule has 0 aliphatic carbocycles. The van der Waals surface area contributed by atoms with E-state index in [-0.39, 0.29) is 17.7 Å². The highest BCUT2D eigenvalue weighted by molar-refractivity contribution is 5.98. The number of carboxylic acids is 1. The van der Waals surface area contributed by atoms with Crippen LogP contribution in [0, 0.1) is 0 Å². The van der Waals surface area contributed by atoms with Gasteiger partial charge in [-0.2, -0.15) is 0 Å². The normalized spacial score (nSPS) is 11.5. The average Bonchev–Trinajstić information content (AvgIpc) is 2.28. The Morgan fingerprint density at radius 2 is 2.06 bits per heavy atom.